The second kappa shape index (κ2) is 12.2. The molecule has 9 heteroatoms. The Kier molecular flexibility index (Phi) is 9.88. The summed E-state index contributed by atoms with van der Waals surface area (Å²) in [5, 5.41) is 13.6. The SMILES string of the molecule is CC(C)[C@H](N)C(=O)N1CCC[C@H]1C(=O)N[C@@H](CC(=O)OC(C)(C)C)C(O)COc1ccccc1. The molecule has 2 rings (SSSR count). The molecule has 1 aromatic rings. The molecule has 1 aliphatic heterocycles. The van der Waals surface area contributed by atoms with E-state index in [1.54, 1.807) is 45.0 Å². The number of carbonyl (C=O) groups is 3. The van der Waals surface area contributed by atoms with Gasteiger partial charge in [-0.05, 0) is 51.7 Å². The molecule has 1 aliphatic rings. The molecule has 34 heavy (non-hydrogen) atoms. The first-order chi connectivity index (χ1) is 15.9. The van der Waals surface area contributed by atoms with Crippen molar-refractivity contribution >= 4 is 17.8 Å². The summed E-state index contributed by atoms with van der Waals surface area (Å²) in [5.74, 6) is -0.774. The van der Waals surface area contributed by atoms with Crippen LogP contribution in [0.1, 0.15) is 53.9 Å². The number of likely N-dealkylation sites (tertiary alicyclic amines) is 1. The summed E-state index contributed by atoms with van der Waals surface area (Å²) in [6.45, 7) is 9.24. The summed E-state index contributed by atoms with van der Waals surface area (Å²) in [7, 11) is 0. The predicted molar refractivity (Wildman–Crippen MR) is 128 cm³/mol. The second-order valence-electron chi connectivity index (χ2n) is 10.1. The van der Waals surface area contributed by atoms with Crippen LogP contribution < -0.4 is 15.8 Å². The van der Waals surface area contributed by atoms with E-state index in [-0.39, 0.29) is 24.9 Å². The zero-order valence-corrected chi connectivity index (χ0v) is 20.8. The highest BCUT2D eigenvalue weighted by Gasteiger charge is 2.38. The normalized spacial score (nSPS) is 18.8. The molecule has 9 nitrogen and oxygen atoms in total. The highest BCUT2D eigenvalue weighted by atomic mass is 16.6. The Labute approximate surface area is 202 Å². The van der Waals surface area contributed by atoms with Crippen molar-refractivity contribution in [2.45, 2.75) is 83.7 Å². The van der Waals surface area contributed by atoms with E-state index in [1.165, 1.54) is 4.90 Å². The lowest BCUT2D eigenvalue weighted by Crippen LogP contribution is -2.56. The fourth-order valence-corrected chi connectivity index (χ4v) is 3.72. The third kappa shape index (κ3) is 8.29. The number of amides is 2. The van der Waals surface area contributed by atoms with Gasteiger partial charge in [0, 0.05) is 6.54 Å². The maximum absolute atomic E-state index is 13.2. The smallest absolute Gasteiger partial charge is 0.308 e. The number of nitrogens with zero attached hydrogens (tertiary/aromatic N) is 1. The fraction of sp³-hybridized carbons (Fsp3) is 0.640. The Balaban J connectivity index is 2.11. The molecule has 1 fully saturated rings. The average Bonchev–Trinajstić information content (AvgIpc) is 3.25. The number of para-hydroxylation sites is 1. The Morgan fingerprint density at radius 2 is 1.85 bits per heavy atom. The van der Waals surface area contributed by atoms with Gasteiger partial charge in [0.25, 0.3) is 0 Å². The van der Waals surface area contributed by atoms with Crippen LogP contribution >= 0.6 is 0 Å². The van der Waals surface area contributed by atoms with E-state index in [2.05, 4.69) is 5.32 Å². The maximum atomic E-state index is 13.2. The summed E-state index contributed by atoms with van der Waals surface area (Å²) in [6, 6.07) is 6.57. The van der Waals surface area contributed by atoms with Gasteiger partial charge in [0.1, 0.15) is 30.1 Å². The molecule has 0 saturated carbocycles. The van der Waals surface area contributed by atoms with E-state index < -0.39 is 41.7 Å². The van der Waals surface area contributed by atoms with Gasteiger partial charge in [-0.2, -0.15) is 0 Å². The maximum Gasteiger partial charge on any atom is 0.308 e. The van der Waals surface area contributed by atoms with Crippen LogP contribution in [0.15, 0.2) is 30.3 Å². The van der Waals surface area contributed by atoms with Crippen molar-refractivity contribution in [2.75, 3.05) is 13.2 Å². The van der Waals surface area contributed by atoms with Crippen LogP contribution in [0, 0.1) is 5.92 Å². The number of nitrogens with one attached hydrogen (secondary N) is 1. The standard InChI is InChI=1S/C25H39N3O6/c1-16(2)22(26)24(32)28-13-9-12-19(28)23(31)27-18(14-21(30)34-25(3,4)5)20(29)15-33-17-10-7-6-8-11-17/h6-8,10-11,16,18-20,22,29H,9,12-15,26H2,1-5H3,(H,27,31)/t18-,19-,20?,22-/m0/s1. The van der Waals surface area contributed by atoms with E-state index in [0.29, 0.717) is 25.1 Å². The van der Waals surface area contributed by atoms with Gasteiger partial charge in [-0.25, -0.2) is 0 Å². The zero-order valence-electron chi connectivity index (χ0n) is 20.8. The molecule has 0 spiro atoms. The molecule has 1 heterocycles. The first kappa shape index (κ1) is 27.6. The van der Waals surface area contributed by atoms with Crippen molar-refractivity contribution in [3.05, 3.63) is 30.3 Å². The van der Waals surface area contributed by atoms with E-state index in [1.807, 2.05) is 19.9 Å². The second-order valence-corrected chi connectivity index (χ2v) is 10.1. The van der Waals surface area contributed by atoms with Crippen molar-refractivity contribution in [1.29, 1.82) is 0 Å². The van der Waals surface area contributed by atoms with Gasteiger partial charge >= 0.3 is 5.97 Å². The molecule has 1 saturated heterocycles. The molecule has 0 aliphatic carbocycles. The number of hydrogen-bond donors (Lipinski definition) is 3. The molecule has 0 aromatic heterocycles. The van der Waals surface area contributed by atoms with E-state index in [0.717, 1.165) is 0 Å². The van der Waals surface area contributed by atoms with Crippen molar-refractivity contribution < 1.29 is 29.0 Å². The molecule has 1 aromatic carbocycles. The van der Waals surface area contributed by atoms with Crippen LogP contribution in [0.25, 0.3) is 0 Å². The van der Waals surface area contributed by atoms with Gasteiger partial charge in [0.2, 0.25) is 11.8 Å². The van der Waals surface area contributed by atoms with Gasteiger partial charge in [-0.15, -0.1) is 0 Å². The zero-order chi connectivity index (χ0) is 25.5. The number of carbonyl (C=O) groups excluding carboxylic acids is 3. The number of benzene rings is 1. The third-order valence-electron chi connectivity index (χ3n) is 5.60. The van der Waals surface area contributed by atoms with E-state index >= 15 is 0 Å². The third-order valence-corrected chi connectivity index (χ3v) is 5.60. The summed E-state index contributed by atoms with van der Waals surface area (Å²) < 4.78 is 11.0. The minimum Gasteiger partial charge on any atom is -0.491 e. The lowest BCUT2D eigenvalue weighted by atomic mass is 10.0. The monoisotopic (exact) mass is 477 g/mol. The van der Waals surface area contributed by atoms with Gasteiger partial charge < -0.3 is 30.5 Å². The summed E-state index contributed by atoms with van der Waals surface area (Å²) >= 11 is 0. The average molecular weight is 478 g/mol. The molecular formula is C25H39N3O6. The minimum atomic E-state index is -1.18. The lowest BCUT2D eigenvalue weighted by Gasteiger charge is -2.31. The quantitative estimate of drug-likeness (QED) is 0.436. The van der Waals surface area contributed by atoms with Gasteiger partial charge in [0.05, 0.1) is 18.5 Å². The number of ether oxygens (including phenoxy) is 2. The van der Waals surface area contributed by atoms with Crippen LogP contribution in [0.5, 0.6) is 5.75 Å². The largest absolute Gasteiger partial charge is 0.491 e. The first-order valence-corrected chi connectivity index (χ1v) is 11.8. The molecule has 190 valence electrons. The molecule has 4 atom stereocenters. The summed E-state index contributed by atoms with van der Waals surface area (Å²) in [6.07, 6.45) is -0.266. The molecule has 1 unspecified atom stereocenters. The molecule has 2 amide bonds. The molecular weight excluding hydrogens is 438 g/mol. The minimum absolute atomic E-state index is 0.0614. The summed E-state index contributed by atoms with van der Waals surface area (Å²) in [5.41, 5.74) is 5.32. The van der Waals surface area contributed by atoms with Crippen molar-refractivity contribution in [1.82, 2.24) is 10.2 Å². The highest BCUT2D eigenvalue weighted by Crippen LogP contribution is 2.21. The van der Waals surface area contributed by atoms with Gasteiger partial charge in [-0.3, -0.25) is 14.4 Å². The topological polar surface area (TPSA) is 131 Å². The van der Waals surface area contributed by atoms with Gasteiger partial charge in [-0.1, -0.05) is 32.0 Å². The Morgan fingerprint density at radius 3 is 2.44 bits per heavy atom. The molecule has 0 radical (unpaired) electrons. The van der Waals surface area contributed by atoms with E-state index in [9.17, 15) is 19.5 Å². The van der Waals surface area contributed by atoms with Crippen LogP contribution in [0.4, 0.5) is 0 Å². The van der Waals surface area contributed by atoms with Crippen LogP contribution in [-0.4, -0.2) is 70.8 Å². The van der Waals surface area contributed by atoms with Crippen molar-refractivity contribution in [2.24, 2.45) is 11.7 Å². The molecule has 0 bridgehead atoms. The number of esters is 1. The first-order valence-electron chi connectivity index (χ1n) is 11.8. The van der Waals surface area contributed by atoms with Crippen molar-refractivity contribution in [3.63, 3.8) is 0 Å². The van der Waals surface area contributed by atoms with Gasteiger partial charge in [0.15, 0.2) is 0 Å². The lowest BCUT2D eigenvalue weighted by molar-refractivity contribution is -0.156. The Bertz CT molecular complexity index is 824. The highest BCUT2D eigenvalue weighted by molar-refractivity contribution is 5.90. The van der Waals surface area contributed by atoms with Crippen LogP contribution in [0.2, 0.25) is 0 Å². The number of aliphatic hydroxyl groups is 1. The summed E-state index contributed by atoms with van der Waals surface area (Å²) in [4.78, 5) is 39.9. The van der Waals surface area contributed by atoms with Crippen LogP contribution in [0.3, 0.4) is 0 Å². The van der Waals surface area contributed by atoms with E-state index in [4.69, 9.17) is 15.2 Å². The number of rotatable bonds is 10. The Morgan fingerprint density at radius 1 is 1.21 bits per heavy atom. The number of hydrogen-bond acceptors (Lipinski definition) is 7. The fourth-order valence-electron chi connectivity index (χ4n) is 3.72. The van der Waals surface area contributed by atoms with Crippen LogP contribution in [-0.2, 0) is 19.1 Å². The number of nitrogens with two attached hydrogens (primary N) is 1. The Hall–Kier alpha value is -2.65. The number of aliphatic hydroxyl groups excluding tert-OH is 1. The molecule has 4 N–H and O–H groups in total. The predicted octanol–water partition coefficient (Wildman–Crippen LogP) is 1.62. The van der Waals surface area contributed by atoms with Crippen molar-refractivity contribution in [3.8, 4) is 5.75 Å².